The molecule has 0 aromatic heterocycles. The topological polar surface area (TPSA) is 66.6 Å². The Labute approximate surface area is 157 Å². The predicted octanol–water partition coefficient (Wildman–Crippen LogP) is 2.08. The maximum atomic E-state index is 13.3. The highest BCUT2D eigenvalue weighted by Crippen LogP contribution is 2.41. The van der Waals surface area contributed by atoms with Crippen LogP contribution in [0.5, 0.6) is 0 Å². The molecule has 2 aliphatic rings. The van der Waals surface area contributed by atoms with Crippen LogP contribution in [0.1, 0.15) is 31.2 Å². The summed E-state index contributed by atoms with van der Waals surface area (Å²) < 4.78 is 26.7. The van der Waals surface area contributed by atoms with Gasteiger partial charge in [0.2, 0.25) is 11.8 Å². The zero-order chi connectivity index (χ0) is 18.0. The van der Waals surface area contributed by atoms with Crippen LogP contribution in [0.2, 0.25) is 0 Å². The summed E-state index contributed by atoms with van der Waals surface area (Å²) in [5.41, 5.74) is 5.75. The Morgan fingerprint density at radius 1 is 1.15 bits per heavy atom. The average molecular weight is 388 g/mol. The van der Waals surface area contributed by atoms with Crippen molar-refractivity contribution in [1.29, 1.82) is 0 Å². The number of benzene rings is 1. The van der Waals surface area contributed by atoms with Crippen LogP contribution in [-0.4, -0.2) is 47.8 Å². The molecule has 0 saturated carbocycles. The van der Waals surface area contributed by atoms with Crippen LogP contribution < -0.4 is 5.73 Å². The van der Waals surface area contributed by atoms with E-state index in [1.807, 2.05) is 4.90 Å². The Morgan fingerprint density at radius 2 is 1.77 bits per heavy atom. The van der Waals surface area contributed by atoms with Gasteiger partial charge in [0.1, 0.15) is 11.6 Å². The van der Waals surface area contributed by atoms with Crippen molar-refractivity contribution in [3.05, 3.63) is 35.4 Å². The number of halogens is 3. The van der Waals surface area contributed by atoms with E-state index in [9.17, 15) is 18.4 Å². The van der Waals surface area contributed by atoms with E-state index < -0.39 is 11.6 Å². The zero-order valence-corrected chi connectivity index (χ0v) is 15.4. The lowest BCUT2D eigenvalue weighted by Gasteiger charge is -2.38. The number of rotatable bonds is 4. The summed E-state index contributed by atoms with van der Waals surface area (Å²) in [6, 6.07) is 3.34. The summed E-state index contributed by atoms with van der Waals surface area (Å²) in [6.07, 6.45) is 2.32. The normalized spacial score (nSPS) is 19.0. The largest absolute Gasteiger partial charge is 0.343 e. The molecule has 0 aliphatic carbocycles. The van der Waals surface area contributed by atoms with Gasteiger partial charge in [-0.15, -0.1) is 12.4 Å². The highest BCUT2D eigenvalue weighted by molar-refractivity contribution is 5.85. The van der Waals surface area contributed by atoms with Gasteiger partial charge in [0.15, 0.2) is 0 Å². The molecule has 1 aromatic carbocycles. The summed E-state index contributed by atoms with van der Waals surface area (Å²) in [5.74, 6) is -1.20. The third-order valence-corrected chi connectivity index (χ3v) is 5.24. The number of hydrogen-bond donors (Lipinski definition) is 1. The molecule has 2 N–H and O–H groups in total. The number of nitrogens with zero attached hydrogens (tertiary/aromatic N) is 2. The second-order valence-electron chi connectivity index (χ2n) is 7.12. The second kappa shape index (κ2) is 8.31. The molecule has 0 unspecified atom stereocenters. The first kappa shape index (κ1) is 20.6. The number of likely N-dealkylation sites (tertiary alicyclic amines) is 2. The lowest BCUT2D eigenvalue weighted by molar-refractivity contribution is -0.133. The van der Waals surface area contributed by atoms with E-state index in [2.05, 4.69) is 0 Å². The van der Waals surface area contributed by atoms with Gasteiger partial charge in [-0.3, -0.25) is 9.59 Å². The molecule has 5 nitrogen and oxygen atoms in total. The molecule has 2 aliphatic heterocycles. The van der Waals surface area contributed by atoms with Crippen molar-refractivity contribution in [2.24, 2.45) is 11.1 Å². The van der Waals surface area contributed by atoms with Crippen LogP contribution in [0, 0.1) is 17.0 Å². The standard InChI is InChI=1S/C18H23F2N3O2.ClH/c19-14-7-13(8-15(20)9-14)11-23-12-18(10-17(23)25)2-5-22(6-3-18)16(24)1-4-21;/h7-9H,1-6,10-12,21H2;1H. The van der Waals surface area contributed by atoms with E-state index in [1.165, 1.54) is 12.1 Å². The Hall–Kier alpha value is -1.73. The van der Waals surface area contributed by atoms with Crippen LogP contribution >= 0.6 is 12.4 Å². The van der Waals surface area contributed by atoms with Crippen LogP contribution in [-0.2, 0) is 16.1 Å². The summed E-state index contributed by atoms with van der Waals surface area (Å²) in [4.78, 5) is 27.8. The van der Waals surface area contributed by atoms with Crippen molar-refractivity contribution in [1.82, 2.24) is 9.80 Å². The van der Waals surface area contributed by atoms with E-state index in [0.29, 0.717) is 44.6 Å². The summed E-state index contributed by atoms with van der Waals surface area (Å²) in [5, 5.41) is 0. The van der Waals surface area contributed by atoms with Gasteiger partial charge in [-0.2, -0.15) is 0 Å². The summed E-state index contributed by atoms with van der Waals surface area (Å²) in [6.45, 7) is 2.40. The van der Waals surface area contributed by atoms with Gasteiger partial charge in [-0.25, -0.2) is 8.78 Å². The molecule has 2 fully saturated rings. The molecule has 0 radical (unpaired) electrons. The molecule has 3 rings (SSSR count). The number of carbonyl (C=O) groups is 2. The fraction of sp³-hybridized carbons (Fsp3) is 0.556. The van der Waals surface area contributed by atoms with Crippen molar-refractivity contribution in [2.45, 2.75) is 32.2 Å². The maximum Gasteiger partial charge on any atom is 0.223 e. The number of amides is 2. The predicted molar refractivity (Wildman–Crippen MR) is 95.6 cm³/mol. The van der Waals surface area contributed by atoms with Crippen LogP contribution in [0.3, 0.4) is 0 Å². The van der Waals surface area contributed by atoms with Gasteiger partial charge in [-0.05, 0) is 30.5 Å². The number of nitrogens with two attached hydrogens (primary N) is 1. The van der Waals surface area contributed by atoms with Gasteiger partial charge >= 0.3 is 0 Å². The summed E-state index contributed by atoms with van der Waals surface area (Å²) in [7, 11) is 0. The molecular formula is C18H24ClF2N3O2. The van der Waals surface area contributed by atoms with Gasteiger partial charge in [0.25, 0.3) is 0 Å². The molecular weight excluding hydrogens is 364 g/mol. The Balaban J connectivity index is 0.00000243. The molecule has 0 atom stereocenters. The lowest BCUT2D eigenvalue weighted by Crippen LogP contribution is -2.44. The fourth-order valence-corrected chi connectivity index (χ4v) is 3.90. The average Bonchev–Trinajstić information content (AvgIpc) is 2.82. The number of carbonyl (C=O) groups excluding carboxylic acids is 2. The van der Waals surface area contributed by atoms with E-state index in [0.717, 1.165) is 18.9 Å². The van der Waals surface area contributed by atoms with Gasteiger partial charge in [-0.1, -0.05) is 0 Å². The molecule has 2 saturated heterocycles. The second-order valence-corrected chi connectivity index (χ2v) is 7.12. The molecule has 144 valence electrons. The summed E-state index contributed by atoms with van der Waals surface area (Å²) >= 11 is 0. The Bertz CT molecular complexity index is 658. The minimum Gasteiger partial charge on any atom is -0.343 e. The first-order valence-corrected chi connectivity index (χ1v) is 8.61. The molecule has 8 heteroatoms. The SMILES string of the molecule is Cl.NCCC(=O)N1CCC2(CC1)CC(=O)N(Cc1cc(F)cc(F)c1)C2. The van der Waals surface area contributed by atoms with Gasteiger partial charge in [0.05, 0.1) is 0 Å². The smallest absolute Gasteiger partial charge is 0.223 e. The third-order valence-electron chi connectivity index (χ3n) is 5.24. The van der Waals surface area contributed by atoms with Crippen LogP contribution in [0.15, 0.2) is 18.2 Å². The van der Waals surface area contributed by atoms with E-state index >= 15 is 0 Å². The Kier molecular flexibility index (Phi) is 6.58. The van der Waals surface area contributed by atoms with E-state index in [-0.39, 0.29) is 36.2 Å². The number of hydrogen-bond acceptors (Lipinski definition) is 3. The van der Waals surface area contributed by atoms with Crippen molar-refractivity contribution >= 4 is 24.2 Å². The molecule has 26 heavy (non-hydrogen) atoms. The Morgan fingerprint density at radius 3 is 2.35 bits per heavy atom. The van der Waals surface area contributed by atoms with Gasteiger partial charge in [0, 0.05) is 57.0 Å². The van der Waals surface area contributed by atoms with Crippen molar-refractivity contribution < 1.29 is 18.4 Å². The monoisotopic (exact) mass is 387 g/mol. The van der Waals surface area contributed by atoms with Crippen molar-refractivity contribution in [3.8, 4) is 0 Å². The van der Waals surface area contributed by atoms with Crippen LogP contribution in [0.4, 0.5) is 8.78 Å². The molecule has 2 amide bonds. The molecule has 2 heterocycles. The maximum absolute atomic E-state index is 13.3. The third kappa shape index (κ3) is 4.51. The fourth-order valence-electron chi connectivity index (χ4n) is 3.90. The minimum absolute atomic E-state index is 0. The zero-order valence-electron chi connectivity index (χ0n) is 14.5. The first-order chi connectivity index (χ1) is 11.9. The highest BCUT2D eigenvalue weighted by Gasteiger charge is 2.45. The number of piperidine rings is 1. The van der Waals surface area contributed by atoms with Crippen molar-refractivity contribution in [2.75, 3.05) is 26.2 Å². The molecule has 1 spiro atoms. The minimum atomic E-state index is -0.636. The molecule has 1 aromatic rings. The van der Waals surface area contributed by atoms with E-state index in [1.54, 1.807) is 4.90 Å². The van der Waals surface area contributed by atoms with E-state index in [4.69, 9.17) is 5.73 Å². The van der Waals surface area contributed by atoms with Crippen LogP contribution in [0.25, 0.3) is 0 Å². The van der Waals surface area contributed by atoms with Crippen molar-refractivity contribution in [3.63, 3.8) is 0 Å². The van der Waals surface area contributed by atoms with Gasteiger partial charge < -0.3 is 15.5 Å². The first-order valence-electron chi connectivity index (χ1n) is 8.61. The quantitative estimate of drug-likeness (QED) is 0.860. The molecule has 0 bridgehead atoms. The lowest BCUT2D eigenvalue weighted by atomic mass is 9.77. The highest BCUT2D eigenvalue weighted by atomic mass is 35.5.